The van der Waals surface area contributed by atoms with Crippen LogP contribution in [0.2, 0.25) is 0 Å². The van der Waals surface area contributed by atoms with Gasteiger partial charge in [0, 0.05) is 10.7 Å². The molecule has 9 heteroatoms. The van der Waals surface area contributed by atoms with E-state index in [-0.39, 0.29) is 0 Å². The molecule has 0 atom stereocenters. The van der Waals surface area contributed by atoms with Gasteiger partial charge in [-0.25, -0.2) is 17.2 Å². The van der Waals surface area contributed by atoms with Crippen molar-refractivity contribution in [3.63, 3.8) is 0 Å². The van der Waals surface area contributed by atoms with Crippen molar-refractivity contribution in [1.29, 1.82) is 0 Å². The minimum atomic E-state index is -4.56. The molecule has 1 N–H and O–H groups in total. The molecule has 0 aliphatic heterocycles. The highest BCUT2D eigenvalue weighted by Crippen LogP contribution is 2.36. The summed E-state index contributed by atoms with van der Waals surface area (Å²) in [5, 5.41) is 8.97. The number of benzene rings is 1. The second-order valence-corrected chi connectivity index (χ2v) is 5.95. The van der Waals surface area contributed by atoms with Crippen LogP contribution in [0.1, 0.15) is 0 Å². The van der Waals surface area contributed by atoms with E-state index in [0.717, 1.165) is 22.6 Å². The summed E-state index contributed by atoms with van der Waals surface area (Å²) in [5.41, 5.74) is 0. The highest BCUT2D eigenvalue weighted by Gasteiger charge is 2.30. The molecule has 0 aliphatic carbocycles. The first-order valence-electron chi connectivity index (χ1n) is 3.17. The van der Waals surface area contributed by atoms with Crippen molar-refractivity contribution in [3.05, 3.63) is 21.0 Å². The summed E-state index contributed by atoms with van der Waals surface area (Å²) in [4.78, 5) is -1.18. The lowest BCUT2D eigenvalue weighted by Gasteiger charge is -2.06. The minimum Gasteiger partial charge on any atom is -0.504 e. The quantitative estimate of drug-likeness (QED) is 0.356. The Morgan fingerprint density at radius 1 is 1.13 bits per heavy atom. The van der Waals surface area contributed by atoms with Crippen molar-refractivity contribution in [2.75, 3.05) is 0 Å². The van der Waals surface area contributed by atoms with Gasteiger partial charge >= 0.3 is 0 Å². The normalized spacial score (nSPS) is 11.8. The van der Waals surface area contributed by atoms with Crippen LogP contribution in [0.4, 0.5) is 13.2 Å². The Bertz CT molecular complexity index is 502. The Morgan fingerprint density at radius 2 is 1.60 bits per heavy atom. The van der Waals surface area contributed by atoms with E-state index in [1.54, 1.807) is 0 Å². The fraction of sp³-hybridized carbons (Fsp3) is 0. The van der Waals surface area contributed by atoms with E-state index in [9.17, 15) is 21.6 Å². The summed E-state index contributed by atoms with van der Waals surface area (Å²) >= 11 is 1.09. The first-order valence-corrected chi connectivity index (χ1v) is 6.56. The number of hydrogen-bond donors (Lipinski definition) is 1. The molecule has 0 saturated heterocycles. The maximum Gasteiger partial charge on any atom is 0.266 e. The first-order chi connectivity index (χ1) is 6.68. The van der Waals surface area contributed by atoms with Gasteiger partial charge in [0.1, 0.15) is 4.90 Å². The third kappa shape index (κ3) is 2.16. The van der Waals surface area contributed by atoms with E-state index in [1.165, 1.54) is 0 Å². The number of phenols is 1. The van der Waals surface area contributed by atoms with Crippen molar-refractivity contribution >= 4 is 42.3 Å². The zero-order chi connectivity index (χ0) is 12.0. The van der Waals surface area contributed by atoms with Crippen LogP contribution < -0.4 is 0 Å². The largest absolute Gasteiger partial charge is 0.504 e. The Hall–Kier alpha value is -0.220. The van der Waals surface area contributed by atoms with Gasteiger partial charge in [0.25, 0.3) is 9.05 Å². The topological polar surface area (TPSA) is 54.4 Å². The molecule has 1 aromatic carbocycles. The molecule has 84 valence electrons. The monoisotopic (exact) mass is 372 g/mol. The molecule has 0 fully saturated rings. The molecule has 0 saturated carbocycles. The summed E-state index contributed by atoms with van der Waals surface area (Å²) in [6.07, 6.45) is 0. The zero-order valence-electron chi connectivity index (χ0n) is 6.56. The third-order valence-corrected chi connectivity index (χ3v) is 4.17. The van der Waals surface area contributed by atoms with Crippen molar-refractivity contribution in [1.82, 2.24) is 0 Å². The second-order valence-electron chi connectivity index (χ2n) is 2.37. The Morgan fingerprint density at radius 3 is 2.00 bits per heavy atom. The molecule has 0 unspecified atom stereocenters. The number of hydrogen-bond acceptors (Lipinski definition) is 3. The van der Waals surface area contributed by atoms with Gasteiger partial charge in [0.05, 0.1) is 3.57 Å². The molecule has 0 radical (unpaired) electrons. The molecule has 15 heavy (non-hydrogen) atoms. The summed E-state index contributed by atoms with van der Waals surface area (Å²) < 4.78 is 59.2. The Labute approximate surface area is 100 Å². The SMILES string of the molecule is O=S(=O)(Cl)c1c(O)c(F)c(F)c(F)c1I. The third-order valence-electron chi connectivity index (χ3n) is 1.44. The van der Waals surface area contributed by atoms with Crippen molar-refractivity contribution < 1.29 is 26.7 Å². The van der Waals surface area contributed by atoms with Crippen LogP contribution in [0.3, 0.4) is 0 Å². The average molecular weight is 372 g/mol. The van der Waals surface area contributed by atoms with Gasteiger partial charge in [0.2, 0.25) is 5.82 Å². The van der Waals surface area contributed by atoms with Crippen LogP contribution in [-0.4, -0.2) is 13.5 Å². The molecule has 0 amide bonds. The van der Waals surface area contributed by atoms with Crippen LogP contribution in [0.25, 0.3) is 0 Å². The molecule has 1 rings (SSSR count). The van der Waals surface area contributed by atoms with Gasteiger partial charge in [-0.05, 0) is 22.6 Å². The lowest BCUT2D eigenvalue weighted by atomic mass is 10.3. The van der Waals surface area contributed by atoms with E-state index in [2.05, 4.69) is 0 Å². The number of aromatic hydroxyl groups is 1. The molecule has 0 bridgehead atoms. The molecule has 0 aromatic heterocycles. The van der Waals surface area contributed by atoms with Crippen LogP contribution in [0.15, 0.2) is 4.90 Å². The van der Waals surface area contributed by atoms with Gasteiger partial charge in [-0.15, -0.1) is 0 Å². The average Bonchev–Trinajstić information content (AvgIpc) is 2.09. The highest BCUT2D eigenvalue weighted by molar-refractivity contribution is 14.1. The van der Waals surface area contributed by atoms with Crippen LogP contribution in [0.5, 0.6) is 5.75 Å². The maximum atomic E-state index is 12.9. The highest BCUT2D eigenvalue weighted by atomic mass is 127. The van der Waals surface area contributed by atoms with Crippen LogP contribution in [-0.2, 0) is 9.05 Å². The van der Waals surface area contributed by atoms with Crippen molar-refractivity contribution in [2.24, 2.45) is 0 Å². The van der Waals surface area contributed by atoms with E-state index in [1.807, 2.05) is 0 Å². The molecule has 1 aromatic rings. The van der Waals surface area contributed by atoms with Gasteiger partial charge in [0.15, 0.2) is 17.4 Å². The number of phenolic OH excluding ortho intramolecular Hbond substituents is 1. The molecule has 0 heterocycles. The molecule has 0 aliphatic rings. The standard InChI is InChI=1S/C6HClF3IO3S/c7-15(13,14)6-4(11)2(9)1(8)3(10)5(6)12/h12H. The fourth-order valence-corrected chi connectivity index (χ4v) is 3.65. The molecule has 3 nitrogen and oxygen atoms in total. The predicted octanol–water partition coefficient (Wildman–Crippen LogP) is 2.34. The van der Waals surface area contributed by atoms with Gasteiger partial charge in [-0.3, -0.25) is 0 Å². The first kappa shape index (κ1) is 12.8. The summed E-state index contributed by atoms with van der Waals surface area (Å²) in [6.45, 7) is 0. The van der Waals surface area contributed by atoms with E-state index >= 15 is 0 Å². The molecular formula is C6HClF3IO3S. The molecular weight excluding hydrogens is 371 g/mol. The summed E-state index contributed by atoms with van der Waals surface area (Å²) in [7, 11) is 0.259. The minimum absolute atomic E-state index is 0.806. The summed E-state index contributed by atoms with van der Waals surface area (Å²) in [6, 6.07) is 0. The van der Waals surface area contributed by atoms with E-state index < -0.39 is 40.7 Å². The Balaban J connectivity index is 3.84. The van der Waals surface area contributed by atoms with Crippen molar-refractivity contribution in [3.8, 4) is 5.75 Å². The van der Waals surface area contributed by atoms with Gasteiger partial charge in [-0.2, -0.15) is 4.39 Å². The predicted molar refractivity (Wildman–Crippen MR) is 53.7 cm³/mol. The van der Waals surface area contributed by atoms with Crippen LogP contribution >= 0.6 is 33.3 Å². The molecule has 0 spiro atoms. The summed E-state index contributed by atoms with van der Waals surface area (Å²) in [5.74, 6) is -7.20. The Kier molecular flexibility index (Phi) is 3.41. The lowest BCUT2D eigenvalue weighted by molar-refractivity contribution is 0.371. The van der Waals surface area contributed by atoms with E-state index in [4.69, 9.17) is 15.8 Å². The van der Waals surface area contributed by atoms with Gasteiger partial charge < -0.3 is 5.11 Å². The zero-order valence-corrected chi connectivity index (χ0v) is 10.3. The number of rotatable bonds is 1. The van der Waals surface area contributed by atoms with Crippen molar-refractivity contribution in [2.45, 2.75) is 4.90 Å². The van der Waals surface area contributed by atoms with E-state index in [0.29, 0.717) is 0 Å². The smallest absolute Gasteiger partial charge is 0.266 e. The van der Waals surface area contributed by atoms with Crippen LogP contribution in [0, 0.1) is 21.0 Å². The lowest BCUT2D eigenvalue weighted by Crippen LogP contribution is -2.04. The maximum absolute atomic E-state index is 12.9. The van der Waals surface area contributed by atoms with Gasteiger partial charge in [-0.1, -0.05) is 0 Å². The number of halogens is 5. The second kappa shape index (κ2) is 3.98. The fourth-order valence-electron chi connectivity index (χ4n) is 0.822.